The van der Waals surface area contributed by atoms with E-state index in [1.807, 2.05) is 25.1 Å². The molecule has 32 heavy (non-hydrogen) atoms. The van der Waals surface area contributed by atoms with Gasteiger partial charge in [0, 0.05) is 19.4 Å². The van der Waals surface area contributed by atoms with Crippen LogP contribution < -0.4 is 0 Å². The van der Waals surface area contributed by atoms with Gasteiger partial charge in [0.15, 0.2) is 0 Å². The lowest BCUT2D eigenvalue weighted by molar-refractivity contribution is -0.148. The zero-order valence-corrected chi connectivity index (χ0v) is 18.8. The van der Waals surface area contributed by atoms with E-state index in [-0.39, 0.29) is 18.9 Å². The highest BCUT2D eigenvalue weighted by Crippen LogP contribution is 2.34. The van der Waals surface area contributed by atoms with E-state index in [4.69, 9.17) is 5.11 Å². The molecule has 2 unspecified atom stereocenters. The van der Waals surface area contributed by atoms with Crippen molar-refractivity contribution in [1.82, 2.24) is 4.90 Å². The van der Waals surface area contributed by atoms with E-state index in [0.717, 1.165) is 19.3 Å². The van der Waals surface area contributed by atoms with E-state index in [1.54, 1.807) is 12.2 Å². The van der Waals surface area contributed by atoms with E-state index in [2.05, 4.69) is 12.1 Å². The van der Waals surface area contributed by atoms with Gasteiger partial charge in [-0.2, -0.15) is 8.78 Å². The summed E-state index contributed by atoms with van der Waals surface area (Å²) in [5, 5.41) is 19.1. The lowest BCUT2D eigenvalue weighted by atomic mass is 9.95. The second-order valence-corrected chi connectivity index (χ2v) is 8.76. The molecule has 1 aromatic carbocycles. The van der Waals surface area contributed by atoms with Crippen LogP contribution in [-0.2, 0) is 16.0 Å². The Morgan fingerprint density at radius 3 is 2.56 bits per heavy atom. The number of amides is 1. The number of benzene rings is 1. The molecule has 3 atom stereocenters. The fourth-order valence-electron chi connectivity index (χ4n) is 4.05. The van der Waals surface area contributed by atoms with Gasteiger partial charge in [0.2, 0.25) is 0 Å². The summed E-state index contributed by atoms with van der Waals surface area (Å²) in [6.45, 7) is 2.14. The van der Waals surface area contributed by atoms with Crippen LogP contribution in [0.5, 0.6) is 0 Å². The normalized spacial score (nSPS) is 20.1. The van der Waals surface area contributed by atoms with Crippen LogP contribution >= 0.6 is 0 Å². The maximum Gasteiger partial charge on any atom is 0.327 e. The highest BCUT2D eigenvalue weighted by atomic mass is 19.3. The number of hydrogen-bond acceptors (Lipinski definition) is 3. The highest BCUT2D eigenvalue weighted by Gasteiger charge is 2.52. The molecule has 1 amide bonds. The van der Waals surface area contributed by atoms with Gasteiger partial charge in [-0.15, -0.1) is 0 Å². The lowest BCUT2D eigenvalue weighted by Gasteiger charge is -2.22. The molecule has 1 aromatic rings. The Bertz CT molecular complexity index is 754. The fourth-order valence-corrected chi connectivity index (χ4v) is 4.05. The van der Waals surface area contributed by atoms with Gasteiger partial charge in [0.25, 0.3) is 5.91 Å². The number of rotatable bonds is 14. The molecule has 1 saturated heterocycles. The lowest BCUT2D eigenvalue weighted by Crippen LogP contribution is -2.36. The Balaban J connectivity index is 1.81. The van der Waals surface area contributed by atoms with Crippen molar-refractivity contribution >= 4 is 11.9 Å². The molecule has 2 rings (SSSR count). The van der Waals surface area contributed by atoms with E-state index in [1.165, 1.54) is 10.5 Å². The molecule has 0 bridgehead atoms. The molecule has 1 aliphatic rings. The Morgan fingerprint density at radius 2 is 1.88 bits per heavy atom. The average Bonchev–Trinajstić information content (AvgIpc) is 2.97. The van der Waals surface area contributed by atoms with E-state index in [9.17, 15) is 23.5 Å². The van der Waals surface area contributed by atoms with Gasteiger partial charge in [0.1, 0.15) is 0 Å². The number of nitrogens with zero attached hydrogens (tertiary/aromatic N) is 1. The molecular formula is C25H35F2NO4. The van der Waals surface area contributed by atoms with Crippen molar-refractivity contribution in [3.8, 4) is 0 Å². The second kappa shape index (κ2) is 12.7. The van der Waals surface area contributed by atoms with Crippen molar-refractivity contribution in [3.63, 3.8) is 0 Å². The molecule has 0 aliphatic carbocycles. The number of halogens is 2. The Morgan fingerprint density at radius 1 is 1.19 bits per heavy atom. The van der Waals surface area contributed by atoms with Gasteiger partial charge in [-0.25, -0.2) is 0 Å². The van der Waals surface area contributed by atoms with Crippen molar-refractivity contribution in [1.29, 1.82) is 0 Å². The third-order valence-electron chi connectivity index (χ3n) is 6.06. The zero-order valence-electron chi connectivity index (χ0n) is 18.8. The number of carboxylic acids is 1. The van der Waals surface area contributed by atoms with Crippen LogP contribution in [0, 0.1) is 5.92 Å². The summed E-state index contributed by atoms with van der Waals surface area (Å²) in [5.41, 5.74) is 1.25. The number of aliphatic hydroxyl groups excluding tert-OH is 1. The van der Waals surface area contributed by atoms with Crippen molar-refractivity contribution in [2.24, 2.45) is 5.92 Å². The van der Waals surface area contributed by atoms with Crippen LogP contribution in [0.3, 0.4) is 0 Å². The molecule has 0 aromatic heterocycles. The average molecular weight is 452 g/mol. The minimum atomic E-state index is -3.38. The Hall–Kier alpha value is -2.28. The maximum atomic E-state index is 14.0. The third kappa shape index (κ3) is 8.34. The number of aliphatic carboxylic acids is 1. The molecule has 0 radical (unpaired) electrons. The first-order valence-electron chi connectivity index (χ1n) is 11.5. The summed E-state index contributed by atoms with van der Waals surface area (Å²) in [5.74, 6) is -5.42. The predicted octanol–water partition coefficient (Wildman–Crippen LogP) is 4.83. The number of aliphatic hydroxyl groups is 1. The molecule has 5 nitrogen and oxygen atoms in total. The largest absolute Gasteiger partial charge is 0.481 e. The quantitative estimate of drug-likeness (QED) is 0.314. The van der Waals surface area contributed by atoms with Gasteiger partial charge in [-0.3, -0.25) is 9.59 Å². The summed E-state index contributed by atoms with van der Waals surface area (Å²) in [4.78, 5) is 23.8. The number of unbranched alkanes of at least 4 members (excludes halogenated alkanes) is 3. The van der Waals surface area contributed by atoms with Crippen LogP contribution in [0.25, 0.3) is 0 Å². The molecule has 1 heterocycles. The van der Waals surface area contributed by atoms with Crippen LogP contribution in [0.2, 0.25) is 0 Å². The number of carbonyl (C=O) groups excluding carboxylic acids is 1. The van der Waals surface area contributed by atoms with Crippen LogP contribution in [0.4, 0.5) is 8.78 Å². The smallest absolute Gasteiger partial charge is 0.327 e. The van der Waals surface area contributed by atoms with Crippen molar-refractivity contribution in [2.75, 3.05) is 6.54 Å². The molecule has 2 N–H and O–H groups in total. The number of alkyl halides is 2. The number of aryl methyl sites for hydroxylation is 1. The number of hydrogen-bond donors (Lipinski definition) is 2. The van der Waals surface area contributed by atoms with Crippen LogP contribution in [0.15, 0.2) is 42.5 Å². The highest BCUT2D eigenvalue weighted by molar-refractivity contribution is 5.86. The summed E-state index contributed by atoms with van der Waals surface area (Å²) in [7, 11) is 0. The molecule has 1 aliphatic heterocycles. The van der Waals surface area contributed by atoms with Gasteiger partial charge in [0.05, 0.1) is 12.1 Å². The summed E-state index contributed by atoms with van der Waals surface area (Å²) >= 11 is 0. The van der Waals surface area contributed by atoms with E-state index < -0.39 is 36.4 Å². The van der Waals surface area contributed by atoms with Gasteiger partial charge >= 0.3 is 11.9 Å². The molecule has 1 fully saturated rings. The van der Waals surface area contributed by atoms with Crippen LogP contribution in [0.1, 0.15) is 63.9 Å². The van der Waals surface area contributed by atoms with E-state index in [0.29, 0.717) is 25.7 Å². The number of carbonyl (C=O) groups is 2. The third-order valence-corrected chi connectivity index (χ3v) is 6.06. The zero-order chi connectivity index (χ0) is 23.6. The molecule has 178 valence electrons. The second-order valence-electron chi connectivity index (χ2n) is 8.76. The summed E-state index contributed by atoms with van der Waals surface area (Å²) in [6, 6.07) is 9.37. The van der Waals surface area contributed by atoms with Crippen LogP contribution in [-0.4, -0.2) is 51.6 Å². The maximum absolute atomic E-state index is 14.0. The van der Waals surface area contributed by atoms with Crippen molar-refractivity contribution in [3.05, 3.63) is 48.0 Å². The molecule has 0 saturated carbocycles. The fraction of sp³-hybridized carbons (Fsp3) is 0.600. The first-order chi connectivity index (χ1) is 15.2. The topological polar surface area (TPSA) is 77.8 Å². The number of likely N-dealkylation sites (tertiary alicyclic amines) is 1. The predicted molar refractivity (Wildman–Crippen MR) is 119 cm³/mol. The van der Waals surface area contributed by atoms with E-state index >= 15 is 0 Å². The van der Waals surface area contributed by atoms with Gasteiger partial charge in [-0.05, 0) is 43.6 Å². The Kier molecular flexibility index (Phi) is 10.3. The minimum Gasteiger partial charge on any atom is -0.481 e. The van der Waals surface area contributed by atoms with Gasteiger partial charge < -0.3 is 15.1 Å². The first-order valence-corrected chi connectivity index (χ1v) is 11.5. The monoisotopic (exact) mass is 451 g/mol. The molecule has 7 heteroatoms. The SMILES string of the molecule is CC(CCCc1ccccc1)C(O)/C=C/[C@H]1CC(F)(F)C(=O)N1CCCCCCC(=O)O. The molecule has 0 spiro atoms. The standard InChI is InChI=1S/C25H35F2NO4/c1-19(10-9-13-20-11-5-4-6-12-20)22(29)16-15-21-18-25(26,27)24(32)28(21)17-8-3-2-7-14-23(30)31/h4-6,11-12,15-16,19,21-22,29H,2-3,7-10,13-14,17-18H2,1H3,(H,30,31)/b16-15+/t19?,21-,22?/m0/s1. The number of carboxylic acid groups (broad SMARTS) is 1. The molecular weight excluding hydrogens is 416 g/mol. The first kappa shape index (κ1) is 26.0. The van der Waals surface area contributed by atoms with Crippen molar-refractivity contribution < 1.29 is 28.6 Å². The summed E-state index contributed by atoms with van der Waals surface area (Å²) in [6.07, 6.45) is 6.95. The Labute approximate surface area is 189 Å². The van der Waals surface area contributed by atoms with Crippen molar-refractivity contribution in [2.45, 2.75) is 82.8 Å². The van der Waals surface area contributed by atoms with Gasteiger partial charge in [-0.1, -0.05) is 62.2 Å². The minimum absolute atomic E-state index is 0.0183. The summed E-state index contributed by atoms with van der Waals surface area (Å²) < 4.78 is 28.0.